The van der Waals surface area contributed by atoms with Crippen LogP contribution in [-0.2, 0) is 41.6 Å². The molecule has 2 unspecified atom stereocenters. The van der Waals surface area contributed by atoms with Crippen LogP contribution in [0.15, 0.2) is 65.8 Å². The summed E-state index contributed by atoms with van der Waals surface area (Å²) in [5.41, 5.74) is 10.6. The molecule has 2 saturated heterocycles. The standard InChI is InChI=1S/C26H33N3O6/c1-26(2)34-22-21(18-30-16-19-10-5-3-6-11-19)33-25(31-15-9-14-28-29-27)24(23(22)35-26)32-17-20-12-7-4-8-13-20/h3-8,10-13,21-25H,9,14-18H2,1-2H3/t21?,22-,23-,24?,25+/m0/s1. The SMILES string of the molecule is CC1(C)O[C@@H]2C(OCc3ccccc3)[C@H](OCCCN=[N+]=[N-])OC(COCc3ccccc3)[C@@H]2O1. The minimum absolute atomic E-state index is 0.319. The number of ether oxygens (including phenoxy) is 6. The Labute approximate surface area is 205 Å². The molecule has 2 aliphatic rings. The molecule has 2 aromatic rings. The Balaban J connectivity index is 1.45. The molecule has 2 fully saturated rings. The van der Waals surface area contributed by atoms with Crippen molar-refractivity contribution in [3.05, 3.63) is 82.2 Å². The van der Waals surface area contributed by atoms with Crippen molar-refractivity contribution >= 4 is 0 Å². The smallest absolute Gasteiger partial charge is 0.186 e. The van der Waals surface area contributed by atoms with Crippen LogP contribution in [0.25, 0.3) is 10.4 Å². The molecule has 0 spiro atoms. The van der Waals surface area contributed by atoms with E-state index < -0.39 is 30.4 Å². The van der Waals surface area contributed by atoms with Crippen LogP contribution in [0.3, 0.4) is 0 Å². The molecule has 5 atom stereocenters. The first kappa shape index (κ1) is 25.6. The zero-order valence-corrected chi connectivity index (χ0v) is 20.2. The Hall–Kier alpha value is -2.49. The molecule has 9 nitrogen and oxygen atoms in total. The highest BCUT2D eigenvalue weighted by Gasteiger charge is 2.56. The van der Waals surface area contributed by atoms with E-state index in [2.05, 4.69) is 10.0 Å². The fraction of sp³-hybridized carbons (Fsp3) is 0.538. The van der Waals surface area contributed by atoms with E-state index in [-0.39, 0.29) is 6.10 Å². The van der Waals surface area contributed by atoms with Gasteiger partial charge in [-0.15, -0.1) is 0 Å². The molecule has 0 aliphatic carbocycles. The monoisotopic (exact) mass is 483 g/mol. The third-order valence-corrected chi connectivity index (χ3v) is 5.86. The maximum atomic E-state index is 8.51. The first-order valence-electron chi connectivity index (χ1n) is 12.0. The largest absolute Gasteiger partial charge is 0.374 e. The highest BCUT2D eigenvalue weighted by atomic mass is 16.8. The second kappa shape index (κ2) is 12.5. The molecule has 0 aromatic heterocycles. The van der Waals surface area contributed by atoms with Crippen LogP contribution in [0.2, 0.25) is 0 Å². The van der Waals surface area contributed by atoms with E-state index in [0.717, 1.165) is 11.1 Å². The van der Waals surface area contributed by atoms with Crippen molar-refractivity contribution in [1.82, 2.24) is 0 Å². The van der Waals surface area contributed by atoms with Crippen molar-refractivity contribution in [1.29, 1.82) is 0 Å². The van der Waals surface area contributed by atoms with Gasteiger partial charge in [-0.05, 0) is 36.9 Å². The van der Waals surface area contributed by atoms with Crippen molar-refractivity contribution < 1.29 is 28.4 Å². The highest BCUT2D eigenvalue weighted by Crippen LogP contribution is 2.39. The summed E-state index contributed by atoms with van der Waals surface area (Å²) in [7, 11) is 0. The minimum Gasteiger partial charge on any atom is -0.374 e. The zero-order chi connectivity index (χ0) is 24.5. The van der Waals surface area contributed by atoms with Crippen LogP contribution < -0.4 is 0 Å². The third-order valence-electron chi connectivity index (χ3n) is 5.86. The number of fused-ring (bicyclic) bond motifs is 1. The Bertz CT molecular complexity index is 954. The Morgan fingerprint density at radius 2 is 1.57 bits per heavy atom. The van der Waals surface area contributed by atoms with Crippen molar-refractivity contribution in [3.63, 3.8) is 0 Å². The predicted octanol–water partition coefficient (Wildman–Crippen LogP) is 4.75. The lowest BCUT2D eigenvalue weighted by Crippen LogP contribution is -2.59. The molecule has 2 aromatic carbocycles. The summed E-state index contributed by atoms with van der Waals surface area (Å²) in [6, 6.07) is 19.9. The normalized spacial score (nSPS) is 27.2. The molecule has 0 amide bonds. The molecule has 4 rings (SSSR count). The second-order valence-electron chi connectivity index (χ2n) is 9.05. The first-order valence-corrected chi connectivity index (χ1v) is 12.0. The Kier molecular flexibility index (Phi) is 9.12. The lowest BCUT2D eigenvalue weighted by Gasteiger charge is -2.41. The molecule has 35 heavy (non-hydrogen) atoms. The number of nitrogens with zero attached hydrogens (tertiary/aromatic N) is 3. The topological polar surface area (TPSA) is 104 Å². The second-order valence-corrected chi connectivity index (χ2v) is 9.05. The van der Waals surface area contributed by atoms with Gasteiger partial charge in [-0.2, -0.15) is 0 Å². The van der Waals surface area contributed by atoms with Crippen LogP contribution in [0.4, 0.5) is 0 Å². The quantitative estimate of drug-likeness (QED) is 0.187. The van der Waals surface area contributed by atoms with Gasteiger partial charge in [0, 0.05) is 18.1 Å². The van der Waals surface area contributed by atoms with Gasteiger partial charge in [-0.25, -0.2) is 0 Å². The lowest BCUT2D eigenvalue weighted by molar-refractivity contribution is -0.295. The Morgan fingerprint density at radius 1 is 0.914 bits per heavy atom. The van der Waals surface area contributed by atoms with Gasteiger partial charge in [0.2, 0.25) is 0 Å². The van der Waals surface area contributed by atoms with Gasteiger partial charge in [-0.3, -0.25) is 0 Å². The molecule has 0 bridgehead atoms. The van der Waals surface area contributed by atoms with Crippen molar-refractivity contribution in [2.75, 3.05) is 19.8 Å². The summed E-state index contributed by atoms with van der Waals surface area (Å²) >= 11 is 0. The first-order chi connectivity index (χ1) is 17.1. The van der Waals surface area contributed by atoms with E-state index >= 15 is 0 Å². The average molecular weight is 484 g/mol. The summed E-state index contributed by atoms with van der Waals surface area (Å²) in [6.45, 7) is 5.65. The van der Waals surface area contributed by atoms with E-state index in [0.29, 0.717) is 39.4 Å². The molecular formula is C26H33N3O6. The van der Waals surface area contributed by atoms with Gasteiger partial charge in [-0.1, -0.05) is 65.8 Å². The molecule has 0 N–H and O–H groups in total. The number of hydrogen-bond acceptors (Lipinski definition) is 7. The van der Waals surface area contributed by atoms with Crippen LogP contribution in [0.1, 0.15) is 31.4 Å². The third kappa shape index (κ3) is 7.25. The van der Waals surface area contributed by atoms with E-state index in [4.69, 9.17) is 34.0 Å². The van der Waals surface area contributed by atoms with Gasteiger partial charge < -0.3 is 28.4 Å². The van der Waals surface area contributed by atoms with E-state index in [1.165, 1.54) is 0 Å². The molecule has 188 valence electrons. The van der Waals surface area contributed by atoms with Gasteiger partial charge in [0.05, 0.1) is 19.8 Å². The van der Waals surface area contributed by atoms with Gasteiger partial charge in [0.25, 0.3) is 0 Å². The maximum absolute atomic E-state index is 8.51. The van der Waals surface area contributed by atoms with Gasteiger partial charge in [0.15, 0.2) is 12.1 Å². The van der Waals surface area contributed by atoms with Gasteiger partial charge in [0.1, 0.15) is 24.4 Å². The molecule has 9 heteroatoms. The fourth-order valence-corrected chi connectivity index (χ4v) is 4.30. The maximum Gasteiger partial charge on any atom is 0.186 e. The summed E-state index contributed by atoms with van der Waals surface area (Å²) in [5.74, 6) is -0.791. The summed E-state index contributed by atoms with van der Waals surface area (Å²) in [6.07, 6.45) is -1.79. The minimum atomic E-state index is -0.791. The number of hydrogen-bond donors (Lipinski definition) is 0. The summed E-state index contributed by atoms with van der Waals surface area (Å²) in [5, 5.41) is 3.57. The summed E-state index contributed by atoms with van der Waals surface area (Å²) < 4.78 is 37.3. The van der Waals surface area contributed by atoms with E-state index in [9.17, 15) is 0 Å². The van der Waals surface area contributed by atoms with Crippen molar-refractivity contribution in [2.24, 2.45) is 5.11 Å². The highest BCUT2D eigenvalue weighted by molar-refractivity contribution is 5.14. The van der Waals surface area contributed by atoms with Crippen LogP contribution >= 0.6 is 0 Å². The molecule has 0 radical (unpaired) electrons. The zero-order valence-electron chi connectivity index (χ0n) is 20.2. The van der Waals surface area contributed by atoms with Crippen LogP contribution in [-0.4, -0.2) is 56.3 Å². The predicted molar refractivity (Wildman–Crippen MR) is 128 cm³/mol. The Morgan fingerprint density at radius 3 is 2.26 bits per heavy atom. The van der Waals surface area contributed by atoms with Crippen molar-refractivity contribution in [3.8, 4) is 0 Å². The average Bonchev–Trinajstić information content (AvgIpc) is 3.20. The van der Waals surface area contributed by atoms with E-state index in [1.54, 1.807) is 0 Å². The molecular weight excluding hydrogens is 450 g/mol. The number of rotatable bonds is 12. The molecule has 0 saturated carbocycles. The van der Waals surface area contributed by atoms with Gasteiger partial charge >= 0.3 is 0 Å². The fourth-order valence-electron chi connectivity index (χ4n) is 4.30. The molecule has 2 heterocycles. The van der Waals surface area contributed by atoms with Crippen LogP contribution in [0, 0.1) is 0 Å². The van der Waals surface area contributed by atoms with Crippen LogP contribution in [0.5, 0.6) is 0 Å². The van der Waals surface area contributed by atoms with E-state index in [1.807, 2.05) is 74.5 Å². The number of azide groups is 1. The number of benzene rings is 2. The lowest BCUT2D eigenvalue weighted by atomic mass is 9.99. The molecule has 2 aliphatic heterocycles. The van der Waals surface area contributed by atoms with Crippen molar-refractivity contribution in [2.45, 2.75) is 70.0 Å². The summed E-state index contributed by atoms with van der Waals surface area (Å²) in [4.78, 5) is 2.79.